The first-order valence-electron chi connectivity index (χ1n) is 10.3. The molecule has 0 saturated carbocycles. The number of benzene rings is 3. The zero-order valence-corrected chi connectivity index (χ0v) is 18.1. The Bertz CT molecular complexity index is 1290. The molecule has 0 aliphatic rings. The van der Waals surface area contributed by atoms with E-state index in [9.17, 15) is 4.79 Å². The summed E-state index contributed by atoms with van der Waals surface area (Å²) in [5.41, 5.74) is 18.2. The molecule has 0 aliphatic carbocycles. The van der Waals surface area contributed by atoms with E-state index in [1.165, 1.54) is 0 Å². The molecule has 3 aromatic carbocycles. The highest BCUT2D eigenvalue weighted by atomic mass is 16.1. The van der Waals surface area contributed by atoms with Crippen molar-refractivity contribution in [3.8, 4) is 0 Å². The largest absolute Gasteiger partial charge is 0.384 e. The van der Waals surface area contributed by atoms with E-state index in [1.807, 2.05) is 59.4 Å². The van der Waals surface area contributed by atoms with Crippen molar-refractivity contribution < 1.29 is 0 Å². The van der Waals surface area contributed by atoms with Crippen LogP contribution in [0.2, 0.25) is 0 Å². The van der Waals surface area contributed by atoms with Crippen molar-refractivity contribution in [1.29, 1.82) is 10.8 Å². The van der Waals surface area contributed by atoms with Gasteiger partial charge in [-0.1, -0.05) is 60.7 Å². The molecule has 4 rings (SSSR count). The number of hydrogen-bond donors (Lipinski definition) is 4. The van der Waals surface area contributed by atoms with Crippen LogP contribution in [-0.4, -0.2) is 20.8 Å². The molecule has 0 radical (unpaired) electrons. The Morgan fingerprint density at radius 1 is 0.688 bits per heavy atom. The average Bonchev–Trinajstić information content (AvgIpc) is 3.04. The maximum Gasteiger partial charge on any atom is 0.329 e. The van der Waals surface area contributed by atoms with Crippen molar-refractivity contribution in [3.05, 3.63) is 105 Å². The van der Waals surface area contributed by atoms with Gasteiger partial charge in [-0.25, -0.2) is 4.79 Å². The molecule has 0 unspecified atom stereocenters. The Kier molecular flexibility index (Phi) is 5.40. The number of amidine groups is 2. The molecule has 7 nitrogen and oxygen atoms in total. The number of aromatic nitrogens is 2. The highest BCUT2D eigenvalue weighted by Crippen LogP contribution is 2.23. The molecule has 4 aromatic rings. The maximum absolute atomic E-state index is 13.6. The molecular formula is C25H26N6O. The van der Waals surface area contributed by atoms with E-state index in [4.69, 9.17) is 22.3 Å². The fraction of sp³-hybridized carbons (Fsp3) is 0.160. The predicted molar refractivity (Wildman–Crippen MR) is 129 cm³/mol. The quantitative estimate of drug-likeness (QED) is 0.279. The Morgan fingerprint density at radius 2 is 1.03 bits per heavy atom. The number of hydrogen-bond acceptors (Lipinski definition) is 3. The summed E-state index contributed by atoms with van der Waals surface area (Å²) in [5.74, 6) is 0.0418. The number of imidazole rings is 1. The molecule has 0 aliphatic heterocycles. The minimum Gasteiger partial charge on any atom is -0.384 e. The smallest absolute Gasteiger partial charge is 0.329 e. The van der Waals surface area contributed by atoms with Crippen molar-refractivity contribution in [2.75, 3.05) is 0 Å². The van der Waals surface area contributed by atoms with E-state index >= 15 is 0 Å². The zero-order valence-electron chi connectivity index (χ0n) is 18.1. The summed E-state index contributed by atoms with van der Waals surface area (Å²) in [6.45, 7) is 4.88. The third kappa shape index (κ3) is 3.80. The second-order valence-corrected chi connectivity index (χ2v) is 8.07. The van der Waals surface area contributed by atoms with Gasteiger partial charge in [-0.15, -0.1) is 0 Å². The summed E-state index contributed by atoms with van der Waals surface area (Å²) in [7, 11) is 0. The first-order valence-corrected chi connectivity index (χ1v) is 10.3. The number of aryl methyl sites for hydroxylation is 2. The van der Waals surface area contributed by atoms with E-state index in [-0.39, 0.29) is 17.4 Å². The summed E-state index contributed by atoms with van der Waals surface area (Å²) in [4.78, 5) is 13.6. The van der Waals surface area contributed by atoms with Crippen LogP contribution >= 0.6 is 0 Å². The number of nitrogens with one attached hydrogen (secondary N) is 2. The van der Waals surface area contributed by atoms with E-state index < -0.39 is 0 Å². The first-order chi connectivity index (χ1) is 15.3. The highest BCUT2D eigenvalue weighted by molar-refractivity contribution is 5.95. The molecule has 0 saturated heterocycles. The van der Waals surface area contributed by atoms with Crippen molar-refractivity contribution in [2.45, 2.75) is 26.9 Å². The maximum atomic E-state index is 13.6. The van der Waals surface area contributed by atoms with Crippen molar-refractivity contribution in [2.24, 2.45) is 11.5 Å². The fourth-order valence-electron chi connectivity index (χ4n) is 4.04. The Labute approximate surface area is 185 Å². The van der Waals surface area contributed by atoms with Gasteiger partial charge in [-0.3, -0.25) is 20.0 Å². The second-order valence-electron chi connectivity index (χ2n) is 8.07. The predicted octanol–water partition coefficient (Wildman–Crippen LogP) is 3.08. The minimum atomic E-state index is -0.0799. The number of nitrogens with zero attached hydrogens (tertiary/aromatic N) is 2. The van der Waals surface area contributed by atoms with E-state index in [0.29, 0.717) is 24.2 Å². The minimum absolute atomic E-state index is 0.0209. The summed E-state index contributed by atoms with van der Waals surface area (Å²) in [5, 5.41) is 15.1. The summed E-state index contributed by atoms with van der Waals surface area (Å²) < 4.78 is 3.62. The topological polar surface area (TPSA) is 127 Å². The third-order valence-electron chi connectivity index (χ3n) is 5.77. The van der Waals surface area contributed by atoms with Crippen molar-refractivity contribution in [3.63, 3.8) is 0 Å². The normalized spacial score (nSPS) is 11.1. The number of nitrogens with two attached hydrogens (primary N) is 2. The number of fused-ring (bicyclic) bond motifs is 1. The Morgan fingerprint density at radius 3 is 1.34 bits per heavy atom. The van der Waals surface area contributed by atoms with Crippen molar-refractivity contribution in [1.82, 2.24) is 9.13 Å². The molecule has 7 heteroatoms. The zero-order chi connectivity index (χ0) is 23.0. The number of rotatable bonds is 6. The Hall–Kier alpha value is -4.13. The summed E-state index contributed by atoms with van der Waals surface area (Å²) >= 11 is 0. The van der Waals surface area contributed by atoms with Crippen molar-refractivity contribution >= 4 is 22.7 Å². The number of nitrogen functional groups attached to an aromatic ring is 2. The average molecular weight is 427 g/mol. The molecule has 0 bridgehead atoms. The van der Waals surface area contributed by atoms with Gasteiger partial charge in [0, 0.05) is 11.1 Å². The van der Waals surface area contributed by atoms with Gasteiger partial charge in [-0.2, -0.15) is 0 Å². The van der Waals surface area contributed by atoms with Crippen LogP contribution in [0.25, 0.3) is 11.0 Å². The van der Waals surface area contributed by atoms with Crippen LogP contribution in [0.4, 0.5) is 0 Å². The van der Waals surface area contributed by atoms with Gasteiger partial charge >= 0.3 is 5.69 Å². The van der Waals surface area contributed by atoms with E-state index in [0.717, 1.165) is 33.3 Å². The lowest BCUT2D eigenvalue weighted by Gasteiger charge is -2.08. The van der Waals surface area contributed by atoms with Crippen LogP contribution in [0, 0.1) is 24.7 Å². The fourth-order valence-corrected chi connectivity index (χ4v) is 4.04. The third-order valence-corrected chi connectivity index (χ3v) is 5.77. The molecule has 0 atom stereocenters. The van der Waals surface area contributed by atoms with Gasteiger partial charge in [0.2, 0.25) is 0 Å². The molecule has 0 fully saturated rings. The molecule has 6 N–H and O–H groups in total. The van der Waals surface area contributed by atoms with Gasteiger partial charge in [0.1, 0.15) is 11.7 Å². The molecule has 0 amide bonds. The standard InChI is InChI=1S/C25H26N6O/c1-15-3-4-16(2)22-21(15)30(13-17-5-9-19(10-6-17)23(26)27)25(32)31(22)14-18-7-11-20(12-8-18)24(28)29/h3-12H,13-14H2,1-2H3,(H3,26,27)(H3,28,29). The SMILES string of the molecule is Cc1ccc(C)c2c1n(Cc1ccc(C(=N)N)cc1)c(=O)n2Cc1ccc(C(=N)N)cc1. The molecule has 0 spiro atoms. The lowest BCUT2D eigenvalue weighted by Crippen LogP contribution is -2.25. The molecule has 162 valence electrons. The summed E-state index contributed by atoms with van der Waals surface area (Å²) in [6, 6.07) is 18.9. The van der Waals surface area contributed by atoms with Crippen LogP contribution in [-0.2, 0) is 13.1 Å². The van der Waals surface area contributed by atoms with Crippen LogP contribution in [0.5, 0.6) is 0 Å². The van der Waals surface area contributed by atoms with Crippen LogP contribution in [0.3, 0.4) is 0 Å². The lowest BCUT2D eigenvalue weighted by molar-refractivity contribution is 0.700. The van der Waals surface area contributed by atoms with Gasteiger partial charge < -0.3 is 11.5 Å². The highest BCUT2D eigenvalue weighted by Gasteiger charge is 2.17. The van der Waals surface area contributed by atoms with Crippen LogP contribution < -0.4 is 17.2 Å². The second kappa shape index (κ2) is 8.19. The Balaban J connectivity index is 1.81. The lowest BCUT2D eigenvalue weighted by atomic mass is 10.1. The van der Waals surface area contributed by atoms with Gasteiger partial charge in [0.25, 0.3) is 0 Å². The monoisotopic (exact) mass is 426 g/mol. The van der Waals surface area contributed by atoms with Gasteiger partial charge in [0.05, 0.1) is 24.1 Å². The molecular weight excluding hydrogens is 400 g/mol. The molecule has 1 heterocycles. The van der Waals surface area contributed by atoms with Crippen LogP contribution in [0.1, 0.15) is 33.4 Å². The van der Waals surface area contributed by atoms with E-state index in [2.05, 4.69) is 0 Å². The van der Waals surface area contributed by atoms with Gasteiger partial charge in [0.15, 0.2) is 0 Å². The van der Waals surface area contributed by atoms with Gasteiger partial charge in [-0.05, 0) is 36.1 Å². The first kappa shape index (κ1) is 21.1. The molecule has 32 heavy (non-hydrogen) atoms. The van der Waals surface area contributed by atoms with E-state index in [1.54, 1.807) is 24.3 Å². The molecule has 1 aromatic heterocycles. The summed E-state index contributed by atoms with van der Waals surface area (Å²) in [6.07, 6.45) is 0. The van der Waals surface area contributed by atoms with Crippen LogP contribution in [0.15, 0.2) is 65.5 Å².